The molecule has 1 atom stereocenters. The molecule has 0 bridgehead atoms. The van der Waals surface area contributed by atoms with Crippen molar-refractivity contribution in [2.45, 2.75) is 44.9 Å². The molecule has 0 aromatic heterocycles. The van der Waals surface area contributed by atoms with Gasteiger partial charge in [-0.2, -0.15) is 0 Å². The zero-order valence-electron chi connectivity index (χ0n) is 23.1. The fraction of sp³-hybridized carbons (Fsp3) is 0.400. The maximum Gasteiger partial charge on any atom is 0.336 e. The molecule has 2 aliphatic rings. The van der Waals surface area contributed by atoms with Crippen molar-refractivity contribution >= 4 is 30.0 Å². The number of non-ortho nitro benzene ring substituents is 1. The molecule has 214 valence electrons. The first-order chi connectivity index (χ1) is 18.8. The number of allylic oxidation sites excluding steroid dienone is 2. The molecule has 2 aromatic rings. The zero-order chi connectivity index (χ0) is 27.9. The van der Waals surface area contributed by atoms with Crippen molar-refractivity contribution in [3.05, 3.63) is 98.4 Å². The van der Waals surface area contributed by atoms with E-state index < -0.39 is 22.8 Å². The van der Waals surface area contributed by atoms with Crippen LogP contribution in [0, 0.1) is 10.1 Å². The number of methoxy groups -OCH3 is 1. The van der Waals surface area contributed by atoms with Crippen LogP contribution in [0.15, 0.2) is 77.1 Å². The van der Waals surface area contributed by atoms with Crippen molar-refractivity contribution in [1.29, 1.82) is 0 Å². The first-order valence-corrected chi connectivity index (χ1v) is 13.3. The largest absolute Gasteiger partial charge is 0.466 e. The number of benzene rings is 2. The normalized spacial score (nSPS) is 18.0. The highest BCUT2D eigenvalue weighted by Crippen LogP contribution is 2.40. The van der Waals surface area contributed by atoms with E-state index in [9.17, 15) is 19.7 Å². The monoisotopic (exact) mass is 569 g/mol. The molecule has 2 aromatic carbocycles. The summed E-state index contributed by atoms with van der Waals surface area (Å²) in [6.07, 6.45) is 2.89. The van der Waals surface area contributed by atoms with Gasteiger partial charge < -0.3 is 19.7 Å². The van der Waals surface area contributed by atoms with Gasteiger partial charge >= 0.3 is 11.9 Å². The van der Waals surface area contributed by atoms with Gasteiger partial charge in [0, 0.05) is 30.1 Å². The number of rotatable bonds is 9. The van der Waals surface area contributed by atoms with Crippen molar-refractivity contribution in [2.24, 2.45) is 0 Å². The van der Waals surface area contributed by atoms with Gasteiger partial charge in [-0.05, 0) is 63.2 Å². The van der Waals surface area contributed by atoms with Gasteiger partial charge in [-0.25, -0.2) is 9.59 Å². The van der Waals surface area contributed by atoms with Crippen LogP contribution < -0.4 is 5.32 Å². The molecule has 4 rings (SSSR count). The molecule has 1 saturated heterocycles. The predicted octanol–water partition coefficient (Wildman–Crippen LogP) is 5.24. The van der Waals surface area contributed by atoms with E-state index in [-0.39, 0.29) is 35.8 Å². The average Bonchev–Trinajstić information content (AvgIpc) is 2.95. The molecule has 0 saturated carbocycles. The van der Waals surface area contributed by atoms with Crippen LogP contribution in [0.1, 0.15) is 56.1 Å². The van der Waals surface area contributed by atoms with Crippen LogP contribution in [-0.2, 0) is 19.1 Å². The number of nitro benzene ring substituents is 1. The number of carbonyl (C=O) groups is 2. The van der Waals surface area contributed by atoms with E-state index in [1.807, 2.05) is 6.07 Å². The van der Waals surface area contributed by atoms with Crippen LogP contribution in [0.4, 0.5) is 5.69 Å². The van der Waals surface area contributed by atoms with Gasteiger partial charge in [0.1, 0.15) is 0 Å². The lowest BCUT2D eigenvalue weighted by molar-refractivity contribution is -0.384. The zero-order valence-corrected chi connectivity index (χ0v) is 23.9. The summed E-state index contributed by atoms with van der Waals surface area (Å²) < 4.78 is 10.7. The number of ether oxygens (including phenoxy) is 2. The Kier molecular flexibility index (Phi) is 10.9. The topological polar surface area (TPSA) is 111 Å². The lowest BCUT2D eigenvalue weighted by Crippen LogP contribution is -2.34. The Bertz CT molecular complexity index is 1290. The van der Waals surface area contributed by atoms with Gasteiger partial charge in [-0.1, -0.05) is 42.5 Å². The minimum Gasteiger partial charge on any atom is -0.466 e. The number of likely N-dealkylation sites (tertiary alicyclic amines) is 1. The highest BCUT2D eigenvalue weighted by atomic mass is 35.5. The second-order valence-corrected chi connectivity index (χ2v) is 10.00. The average molecular weight is 570 g/mol. The molecule has 0 spiro atoms. The van der Waals surface area contributed by atoms with Gasteiger partial charge in [-0.15, -0.1) is 12.4 Å². The molecular formula is C30H36ClN3O6. The highest BCUT2D eigenvalue weighted by molar-refractivity contribution is 5.99. The lowest BCUT2D eigenvalue weighted by atomic mass is 9.80. The maximum atomic E-state index is 13.4. The van der Waals surface area contributed by atoms with Crippen molar-refractivity contribution in [1.82, 2.24) is 10.2 Å². The van der Waals surface area contributed by atoms with Gasteiger partial charge in [0.25, 0.3) is 5.69 Å². The van der Waals surface area contributed by atoms with E-state index in [1.54, 1.807) is 26.0 Å². The standard InChI is InChI=1S/C30H35N3O6.ClH/c1-20-26(29(34)38-3)28(24-11-7-12-25(19-24)33(36)37)27(21(2)31-20)30(35)39-18-8-15-32-16-13-23(14-17-32)22-9-5-4-6-10-22;/h4-7,9-12,19,23,28,31H,8,13-18H2,1-3H3;1H. The number of nitrogens with one attached hydrogen (secondary N) is 1. The fourth-order valence-electron chi connectivity index (χ4n) is 5.54. The first-order valence-electron chi connectivity index (χ1n) is 13.3. The van der Waals surface area contributed by atoms with Crippen molar-refractivity contribution in [2.75, 3.05) is 33.4 Å². The second-order valence-electron chi connectivity index (χ2n) is 10.00. The molecular weight excluding hydrogens is 534 g/mol. The third-order valence-electron chi connectivity index (χ3n) is 7.51. The summed E-state index contributed by atoms with van der Waals surface area (Å²) in [7, 11) is 1.26. The Morgan fingerprint density at radius 1 is 0.975 bits per heavy atom. The number of hydrogen-bond donors (Lipinski definition) is 1. The molecule has 0 aliphatic carbocycles. The van der Waals surface area contributed by atoms with E-state index in [0.29, 0.717) is 29.3 Å². The molecule has 1 unspecified atom stereocenters. The summed E-state index contributed by atoms with van der Waals surface area (Å²) >= 11 is 0. The highest BCUT2D eigenvalue weighted by Gasteiger charge is 2.38. The van der Waals surface area contributed by atoms with Crippen LogP contribution in [0.2, 0.25) is 0 Å². The molecule has 10 heteroatoms. The van der Waals surface area contributed by atoms with Crippen molar-refractivity contribution < 1.29 is 24.0 Å². The Morgan fingerprint density at radius 3 is 2.23 bits per heavy atom. The summed E-state index contributed by atoms with van der Waals surface area (Å²) in [5.74, 6) is -1.45. The van der Waals surface area contributed by atoms with Gasteiger partial charge in [0.05, 0.1) is 35.7 Å². The van der Waals surface area contributed by atoms with Crippen LogP contribution in [0.5, 0.6) is 0 Å². The lowest BCUT2D eigenvalue weighted by Gasteiger charge is -2.32. The van der Waals surface area contributed by atoms with Crippen molar-refractivity contribution in [3.63, 3.8) is 0 Å². The van der Waals surface area contributed by atoms with Crippen LogP contribution in [0.25, 0.3) is 0 Å². The summed E-state index contributed by atoms with van der Waals surface area (Å²) in [5.41, 5.74) is 3.22. The Labute approximate surface area is 240 Å². The van der Waals surface area contributed by atoms with Crippen molar-refractivity contribution in [3.8, 4) is 0 Å². The number of nitro groups is 1. The smallest absolute Gasteiger partial charge is 0.336 e. The summed E-state index contributed by atoms with van der Waals surface area (Å²) in [5, 5.41) is 14.5. The third-order valence-corrected chi connectivity index (χ3v) is 7.51. The quantitative estimate of drug-likeness (QED) is 0.189. The van der Waals surface area contributed by atoms with E-state index in [2.05, 4.69) is 34.5 Å². The van der Waals surface area contributed by atoms with E-state index >= 15 is 0 Å². The van der Waals surface area contributed by atoms with Crippen LogP contribution in [0.3, 0.4) is 0 Å². The first kappa shape index (κ1) is 30.8. The van der Waals surface area contributed by atoms with E-state index in [1.165, 1.54) is 24.8 Å². The van der Waals surface area contributed by atoms with Gasteiger partial charge in [0.15, 0.2) is 0 Å². The third kappa shape index (κ3) is 7.08. The minimum absolute atomic E-state index is 0. The number of piperidine rings is 1. The van der Waals surface area contributed by atoms with Gasteiger partial charge in [-0.3, -0.25) is 10.1 Å². The predicted molar refractivity (Wildman–Crippen MR) is 154 cm³/mol. The number of nitrogens with zero attached hydrogens (tertiary/aromatic N) is 2. The molecule has 0 amide bonds. The fourth-order valence-corrected chi connectivity index (χ4v) is 5.54. The molecule has 2 aliphatic heterocycles. The van der Waals surface area contributed by atoms with Gasteiger partial charge in [0.2, 0.25) is 0 Å². The molecule has 0 radical (unpaired) electrons. The molecule has 1 N–H and O–H groups in total. The number of halogens is 1. The molecule has 1 fully saturated rings. The number of carbonyl (C=O) groups excluding carboxylic acids is 2. The molecule has 2 heterocycles. The number of dihydropyridines is 1. The van der Waals surface area contributed by atoms with Crippen LogP contribution in [-0.4, -0.2) is 55.1 Å². The molecule has 9 nitrogen and oxygen atoms in total. The Hall–Kier alpha value is -3.69. The SMILES string of the molecule is COC(=O)C1=C(C)NC(C)=C(C(=O)OCCCN2CCC(c3ccccc3)CC2)C1c1cccc([N+](=O)[O-])c1.Cl. The second kappa shape index (κ2) is 14.1. The maximum absolute atomic E-state index is 13.4. The molecule has 40 heavy (non-hydrogen) atoms. The van der Waals surface area contributed by atoms with E-state index in [4.69, 9.17) is 9.47 Å². The Balaban J connectivity index is 0.00000441. The summed E-state index contributed by atoms with van der Waals surface area (Å²) in [4.78, 5) is 39.5. The van der Waals surface area contributed by atoms with Crippen LogP contribution >= 0.6 is 12.4 Å². The number of hydrogen-bond acceptors (Lipinski definition) is 8. The minimum atomic E-state index is -0.858. The number of esters is 2. The summed E-state index contributed by atoms with van der Waals surface area (Å²) in [6, 6.07) is 16.6. The summed E-state index contributed by atoms with van der Waals surface area (Å²) in [6.45, 7) is 6.50. The Morgan fingerprint density at radius 2 is 1.60 bits per heavy atom. The van der Waals surface area contributed by atoms with E-state index in [0.717, 1.165) is 32.5 Å².